The van der Waals surface area contributed by atoms with E-state index in [9.17, 15) is 10.2 Å². The zero-order valence-electron chi connectivity index (χ0n) is 20.1. The number of nitrogens with one attached hydrogen (secondary N) is 1. The average Bonchev–Trinajstić information content (AvgIpc) is 3.14. The van der Waals surface area contributed by atoms with Gasteiger partial charge in [0, 0.05) is 18.4 Å². The van der Waals surface area contributed by atoms with Crippen LogP contribution in [0.5, 0.6) is 0 Å². The van der Waals surface area contributed by atoms with E-state index in [2.05, 4.69) is 33.0 Å². The second-order valence-electron chi connectivity index (χ2n) is 13.4. The van der Waals surface area contributed by atoms with Crippen molar-refractivity contribution in [3.63, 3.8) is 0 Å². The van der Waals surface area contributed by atoms with Crippen molar-refractivity contribution in [3.05, 3.63) is 0 Å². The summed E-state index contributed by atoms with van der Waals surface area (Å²) in [5.41, 5.74) is 0.336. The van der Waals surface area contributed by atoms with E-state index < -0.39 is 0 Å². The quantitative estimate of drug-likeness (QED) is 0.534. The molecule has 0 aromatic carbocycles. The summed E-state index contributed by atoms with van der Waals surface area (Å²) in [5.74, 6) is 4.04. The number of rotatable bonds is 0. The SMILES string of the molecule is C[C@H]1CC[C@@]2(NC1)O[C@H]1[C@@H](O)[C@H]3[C@@H]4CC[C@H]5C[C@@H](O)CC[C@]5(C)[C@H]4CC[C@]3(C)[C@H]1[C@@H]2C. The smallest absolute Gasteiger partial charge is 0.122 e. The Morgan fingerprint density at radius 1 is 0.871 bits per heavy atom. The van der Waals surface area contributed by atoms with Crippen LogP contribution < -0.4 is 5.32 Å². The second-order valence-corrected chi connectivity index (χ2v) is 13.4. The molecule has 0 radical (unpaired) electrons. The topological polar surface area (TPSA) is 61.7 Å². The van der Waals surface area contributed by atoms with Crippen molar-refractivity contribution >= 4 is 0 Å². The molecule has 4 heteroatoms. The first-order chi connectivity index (χ1) is 14.7. The maximum Gasteiger partial charge on any atom is 0.122 e. The fraction of sp³-hybridized carbons (Fsp3) is 1.00. The van der Waals surface area contributed by atoms with Crippen LogP contribution in [0.4, 0.5) is 0 Å². The van der Waals surface area contributed by atoms with Crippen LogP contribution in [-0.2, 0) is 4.74 Å². The van der Waals surface area contributed by atoms with Gasteiger partial charge in [0.1, 0.15) is 5.72 Å². The number of aliphatic hydroxyl groups excluding tert-OH is 2. The van der Waals surface area contributed by atoms with E-state index in [4.69, 9.17) is 4.74 Å². The molecule has 0 bridgehead atoms. The molecule has 2 aliphatic heterocycles. The summed E-state index contributed by atoms with van der Waals surface area (Å²) in [4.78, 5) is 0. The molecule has 13 atom stereocenters. The minimum absolute atomic E-state index is 0.00311. The van der Waals surface area contributed by atoms with Crippen LogP contribution in [0.1, 0.15) is 85.5 Å². The lowest BCUT2D eigenvalue weighted by molar-refractivity contribution is -0.170. The molecule has 2 heterocycles. The molecule has 0 amide bonds. The normalized spacial score (nSPS) is 63.3. The minimum Gasteiger partial charge on any atom is -0.393 e. The Labute approximate surface area is 188 Å². The lowest BCUT2D eigenvalue weighted by Gasteiger charge is -2.61. The predicted molar refractivity (Wildman–Crippen MR) is 121 cm³/mol. The van der Waals surface area contributed by atoms with E-state index in [0.29, 0.717) is 40.9 Å². The van der Waals surface area contributed by atoms with Gasteiger partial charge in [0.2, 0.25) is 0 Å². The zero-order valence-corrected chi connectivity index (χ0v) is 20.1. The molecule has 31 heavy (non-hydrogen) atoms. The third-order valence-corrected chi connectivity index (χ3v) is 12.1. The highest BCUT2D eigenvalue weighted by Gasteiger charge is 2.71. The maximum atomic E-state index is 11.8. The van der Waals surface area contributed by atoms with E-state index in [1.54, 1.807) is 0 Å². The number of aliphatic hydroxyl groups is 2. The van der Waals surface area contributed by atoms with E-state index in [-0.39, 0.29) is 29.5 Å². The van der Waals surface area contributed by atoms with Gasteiger partial charge in [-0.1, -0.05) is 27.7 Å². The van der Waals surface area contributed by atoms with Crippen LogP contribution in [0.15, 0.2) is 0 Å². The van der Waals surface area contributed by atoms with E-state index >= 15 is 0 Å². The van der Waals surface area contributed by atoms with Crippen LogP contribution >= 0.6 is 0 Å². The van der Waals surface area contributed by atoms with E-state index in [1.807, 2.05) is 0 Å². The number of piperidine rings is 1. The van der Waals surface area contributed by atoms with Crippen LogP contribution in [-0.4, -0.2) is 40.8 Å². The molecule has 0 aromatic rings. The lowest BCUT2D eigenvalue weighted by atomic mass is 9.44. The van der Waals surface area contributed by atoms with Gasteiger partial charge >= 0.3 is 0 Å². The highest BCUT2D eigenvalue weighted by molar-refractivity contribution is 5.19. The predicted octanol–water partition coefficient (Wildman–Crippen LogP) is 4.34. The van der Waals surface area contributed by atoms with E-state index in [0.717, 1.165) is 31.7 Å². The first-order valence-electron chi connectivity index (χ1n) is 13.5. The first kappa shape index (κ1) is 21.4. The van der Waals surface area contributed by atoms with Crippen molar-refractivity contribution in [2.24, 2.45) is 52.3 Å². The maximum absolute atomic E-state index is 11.8. The van der Waals surface area contributed by atoms with Gasteiger partial charge in [-0.25, -0.2) is 0 Å². The summed E-state index contributed by atoms with van der Waals surface area (Å²) < 4.78 is 6.88. The highest BCUT2D eigenvalue weighted by atomic mass is 16.5. The molecule has 0 aromatic heterocycles. The molecule has 4 aliphatic carbocycles. The largest absolute Gasteiger partial charge is 0.393 e. The zero-order chi connectivity index (χ0) is 21.8. The molecule has 6 fully saturated rings. The summed E-state index contributed by atoms with van der Waals surface area (Å²) in [6.07, 6.45) is 10.1. The molecular weight excluding hydrogens is 386 g/mol. The fourth-order valence-corrected chi connectivity index (χ4v) is 10.5. The van der Waals surface area contributed by atoms with Gasteiger partial charge in [0.15, 0.2) is 0 Å². The molecule has 176 valence electrons. The van der Waals surface area contributed by atoms with Crippen molar-refractivity contribution in [1.82, 2.24) is 5.32 Å². The summed E-state index contributed by atoms with van der Waals surface area (Å²) in [5, 5.41) is 25.9. The van der Waals surface area contributed by atoms with Crippen molar-refractivity contribution in [3.8, 4) is 0 Å². The second kappa shape index (κ2) is 6.93. The standard InChI is InChI=1S/C27H45NO3/c1-15-7-12-27(28-14-15)16(2)21-24(31-27)23(30)22-19-6-5-17-13-18(29)8-10-25(17,3)20(19)9-11-26(21,22)4/h15-24,28-30H,5-14H2,1-4H3/t15-,16-,17-,18-,19+,20-,21-,22+,23-,24+,25-,26+,27+/m0/s1. The minimum atomic E-state index is -0.319. The summed E-state index contributed by atoms with van der Waals surface area (Å²) in [6.45, 7) is 10.8. The number of hydrogen-bond donors (Lipinski definition) is 3. The number of ether oxygens (including phenoxy) is 1. The van der Waals surface area contributed by atoms with Gasteiger partial charge in [-0.2, -0.15) is 0 Å². The fourth-order valence-electron chi connectivity index (χ4n) is 10.5. The Balaban J connectivity index is 1.30. The molecule has 6 rings (SSSR count). The highest BCUT2D eigenvalue weighted by Crippen LogP contribution is 2.71. The molecule has 3 N–H and O–H groups in total. The third-order valence-electron chi connectivity index (χ3n) is 12.1. The van der Waals surface area contributed by atoms with Gasteiger partial charge in [0.25, 0.3) is 0 Å². The van der Waals surface area contributed by atoms with Crippen LogP contribution in [0.25, 0.3) is 0 Å². The van der Waals surface area contributed by atoms with Gasteiger partial charge < -0.3 is 14.9 Å². The Bertz CT molecular complexity index is 719. The van der Waals surface area contributed by atoms with Gasteiger partial charge in [-0.05, 0) is 98.2 Å². The number of hydrogen-bond acceptors (Lipinski definition) is 4. The summed E-state index contributed by atoms with van der Waals surface area (Å²) in [6, 6.07) is 0. The lowest BCUT2D eigenvalue weighted by Crippen LogP contribution is -2.59. The van der Waals surface area contributed by atoms with Crippen molar-refractivity contribution in [2.45, 2.75) is 110 Å². The molecule has 4 nitrogen and oxygen atoms in total. The monoisotopic (exact) mass is 431 g/mol. The Kier molecular flexibility index (Phi) is 4.78. The third kappa shape index (κ3) is 2.74. The van der Waals surface area contributed by atoms with Crippen molar-refractivity contribution in [1.29, 1.82) is 0 Å². The Morgan fingerprint density at radius 3 is 2.39 bits per heavy atom. The van der Waals surface area contributed by atoms with Crippen LogP contribution in [0.2, 0.25) is 0 Å². The van der Waals surface area contributed by atoms with Crippen LogP contribution in [0, 0.1) is 52.3 Å². The molecule has 4 saturated carbocycles. The molecular formula is C27H45NO3. The van der Waals surface area contributed by atoms with Gasteiger partial charge in [-0.3, -0.25) is 5.32 Å². The molecule has 0 unspecified atom stereocenters. The first-order valence-corrected chi connectivity index (χ1v) is 13.5. The molecule has 6 aliphatic rings. The van der Waals surface area contributed by atoms with Crippen LogP contribution in [0.3, 0.4) is 0 Å². The summed E-state index contributed by atoms with van der Waals surface area (Å²) >= 11 is 0. The number of fused-ring (bicyclic) bond motifs is 7. The van der Waals surface area contributed by atoms with Gasteiger partial charge in [-0.15, -0.1) is 0 Å². The molecule has 2 saturated heterocycles. The van der Waals surface area contributed by atoms with Crippen molar-refractivity contribution in [2.75, 3.05) is 6.54 Å². The molecule has 1 spiro atoms. The Hall–Kier alpha value is -0.160. The van der Waals surface area contributed by atoms with E-state index in [1.165, 1.54) is 38.5 Å². The Morgan fingerprint density at radius 2 is 1.65 bits per heavy atom. The average molecular weight is 432 g/mol. The van der Waals surface area contributed by atoms with Gasteiger partial charge in [0.05, 0.1) is 18.3 Å². The van der Waals surface area contributed by atoms with Crippen molar-refractivity contribution < 1.29 is 14.9 Å². The summed E-state index contributed by atoms with van der Waals surface area (Å²) in [7, 11) is 0.